The molecule has 0 aliphatic rings. The molecule has 1 unspecified atom stereocenters. The molecular formula is C10H17N3O. The van der Waals surface area contributed by atoms with E-state index in [-0.39, 0.29) is 0 Å². The number of benzene rings is 1. The summed E-state index contributed by atoms with van der Waals surface area (Å²) in [5.41, 5.74) is 17.2. The average Bonchev–Trinajstić information content (AvgIpc) is 2.24. The summed E-state index contributed by atoms with van der Waals surface area (Å²) in [5, 5.41) is 0. The topological polar surface area (TPSA) is 95.1 Å². The molecule has 0 amide bonds. The Morgan fingerprint density at radius 1 is 1.29 bits per heavy atom. The highest BCUT2D eigenvalue weighted by Crippen LogP contribution is 2.06. The van der Waals surface area contributed by atoms with E-state index in [1.54, 1.807) is 12.1 Å². The summed E-state index contributed by atoms with van der Waals surface area (Å²) in [6.45, 7) is 0. The Balaban J connectivity index is 0.000000791. The molecule has 0 aliphatic carbocycles. The number of anilines is 1. The van der Waals surface area contributed by atoms with Crippen LogP contribution in [0.2, 0.25) is 0 Å². The first-order chi connectivity index (χ1) is 6.72. The van der Waals surface area contributed by atoms with Gasteiger partial charge in [-0.15, -0.1) is 0 Å². The number of carbonyl (C=O) groups is 1. The van der Waals surface area contributed by atoms with Crippen LogP contribution in [0.3, 0.4) is 0 Å². The smallest absolute Gasteiger partial charge is 0.137 e. The standard InChI is InChI=1S/C9H12N2O.CH5N/c10-8-3-1-7(2-4-8)5-9(11)6-12;1-2/h1-4,6,9H,5,10-11H2;2H2,1H3. The molecule has 0 aliphatic heterocycles. The Hall–Kier alpha value is -1.39. The SMILES string of the molecule is CN.Nc1ccc(CC(N)C=O)cc1. The molecule has 0 aromatic heterocycles. The van der Waals surface area contributed by atoms with E-state index >= 15 is 0 Å². The average molecular weight is 195 g/mol. The van der Waals surface area contributed by atoms with E-state index in [1.165, 1.54) is 7.05 Å². The molecule has 0 spiro atoms. The molecule has 1 aromatic rings. The quantitative estimate of drug-likeness (QED) is 0.464. The van der Waals surface area contributed by atoms with Crippen LogP contribution < -0.4 is 17.2 Å². The second-order valence-corrected chi connectivity index (χ2v) is 2.75. The van der Waals surface area contributed by atoms with Crippen molar-refractivity contribution in [2.75, 3.05) is 12.8 Å². The molecule has 1 aromatic carbocycles. The number of rotatable bonds is 3. The van der Waals surface area contributed by atoms with Crippen LogP contribution in [-0.2, 0) is 11.2 Å². The fourth-order valence-corrected chi connectivity index (χ4v) is 0.974. The summed E-state index contributed by atoms with van der Waals surface area (Å²) < 4.78 is 0. The van der Waals surface area contributed by atoms with Crippen molar-refractivity contribution >= 4 is 12.0 Å². The summed E-state index contributed by atoms with van der Waals surface area (Å²) in [7, 11) is 1.50. The van der Waals surface area contributed by atoms with Gasteiger partial charge < -0.3 is 22.0 Å². The Morgan fingerprint density at radius 2 is 1.79 bits per heavy atom. The lowest BCUT2D eigenvalue weighted by Crippen LogP contribution is -2.23. The van der Waals surface area contributed by atoms with Gasteiger partial charge in [-0.3, -0.25) is 0 Å². The first-order valence-corrected chi connectivity index (χ1v) is 4.35. The normalized spacial score (nSPS) is 11.1. The summed E-state index contributed by atoms with van der Waals surface area (Å²) in [6, 6.07) is 6.94. The Labute approximate surface area is 84.1 Å². The zero-order chi connectivity index (χ0) is 11.0. The van der Waals surface area contributed by atoms with Gasteiger partial charge in [-0.1, -0.05) is 12.1 Å². The molecule has 0 heterocycles. The monoisotopic (exact) mass is 195 g/mol. The van der Waals surface area contributed by atoms with Crippen molar-refractivity contribution in [2.24, 2.45) is 11.5 Å². The van der Waals surface area contributed by atoms with Crippen molar-refractivity contribution in [2.45, 2.75) is 12.5 Å². The van der Waals surface area contributed by atoms with Crippen LogP contribution in [0.1, 0.15) is 5.56 Å². The lowest BCUT2D eigenvalue weighted by Gasteiger charge is -2.03. The third-order valence-corrected chi connectivity index (χ3v) is 1.63. The van der Waals surface area contributed by atoms with Gasteiger partial charge in [0.05, 0.1) is 6.04 Å². The van der Waals surface area contributed by atoms with Gasteiger partial charge >= 0.3 is 0 Å². The van der Waals surface area contributed by atoms with Gasteiger partial charge in [0.1, 0.15) is 6.29 Å². The molecule has 0 radical (unpaired) electrons. The van der Waals surface area contributed by atoms with Crippen LogP contribution in [0.15, 0.2) is 24.3 Å². The third kappa shape index (κ3) is 4.59. The van der Waals surface area contributed by atoms with Crippen molar-refractivity contribution in [3.63, 3.8) is 0 Å². The van der Waals surface area contributed by atoms with Crippen molar-refractivity contribution in [3.8, 4) is 0 Å². The summed E-state index contributed by atoms with van der Waals surface area (Å²) >= 11 is 0. The van der Waals surface area contributed by atoms with Crippen molar-refractivity contribution in [3.05, 3.63) is 29.8 Å². The number of aldehydes is 1. The largest absolute Gasteiger partial charge is 0.399 e. The van der Waals surface area contributed by atoms with E-state index in [1.807, 2.05) is 12.1 Å². The molecule has 1 atom stereocenters. The van der Waals surface area contributed by atoms with E-state index in [0.29, 0.717) is 6.42 Å². The van der Waals surface area contributed by atoms with Crippen LogP contribution >= 0.6 is 0 Å². The Kier molecular flexibility index (Phi) is 6.36. The third-order valence-electron chi connectivity index (χ3n) is 1.63. The van der Waals surface area contributed by atoms with E-state index in [2.05, 4.69) is 5.73 Å². The number of hydrogen-bond acceptors (Lipinski definition) is 4. The van der Waals surface area contributed by atoms with E-state index in [4.69, 9.17) is 11.5 Å². The molecule has 4 heteroatoms. The van der Waals surface area contributed by atoms with Gasteiger partial charge in [0.15, 0.2) is 0 Å². The van der Waals surface area contributed by atoms with Crippen LogP contribution in [-0.4, -0.2) is 19.4 Å². The first-order valence-electron chi connectivity index (χ1n) is 4.35. The Morgan fingerprint density at radius 3 is 2.21 bits per heavy atom. The second-order valence-electron chi connectivity index (χ2n) is 2.75. The van der Waals surface area contributed by atoms with Gasteiger partial charge in [-0.05, 0) is 31.2 Å². The molecule has 1 rings (SSSR count). The summed E-state index contributed by atoms with van der Waals surface area (Å²) in [5.74, 6) is 0. The molecule has 78 valence electrons. The fraction of sp³-hybridized carbons (Fsp3) is 0.300. The maximum absolute atomic E-state index is 10.2. The molecule has 0 bridgehead atoms. The highest BCUT2D eigenvalue weighted by atomic mass is 16.1. The molecule has 4 nitrogen and oxygen atoms in total. The minimum Gasteiger partial charge on any atom is -0.399 e. The first kappa shape index (κ1) is 12.6. The van der Waals surface area contributed by atoms with Gasteiger partial charge in [0, 0.05) is 5.69 Å². The summed E-state index contributed by atoms with van der Waals surface area (Å²) in [6.07, 6.45) is 1.32. The molecular weight excluding hydrogens is 178 g/mol. The molecule has 0 fully saturated rings. The fourth-order valence-electron chi connectivity index (χ4n) is 0.974. The van der Waals surface area contributed by atoms with Crippen molar-refractivity contribution in [1.29, 1.82) is 0 Å². The van der Waals surface area contributed by atoms with E-state index < -0.39 is 6.04 Å². The Bertz CT molecular complexity index is 259. The number of hydrogen-bond donors (Lipinski definition) is 3. The van der Waals surface area contributed by atoms with E-state index in [0.717, 1.165) is 17.5 Å². The highest BCUT2D eigenvalue weighted by Gasteiger charge is 2.00. The van der Waals surface area contributed by atoms with Gasteiger partial charge in [0.2, 0.25) is 0 Å². The maximum atomic E-state index is 10.2. The van der Waals surface area contributed by atoms with Crippen LogP contribution in [0.4, 0.5) is 5.69 Å². The molecule has 6 N–H and O–H groups in total. The number of nitrogens with two attached hydrogens (primary N) is 3. The highest BCUT2D eigenvalue weighted by molar-refractivity contribution is 5.58. The van der Waals surface area contributed by atoms with Crippen molar-refractivity contribution in [1.82, 2.24) is 0 Å². The second kappa shape index (κ2) is 7.06. The zero-order valence-corrected chi connectivity index (χ0v) is 8.31. The minimum atomic E-state index is -0.409. The van der Waals surface area contributed by atoms with Crippen LogP contribution in [0, 0.1) is 0 Å². The maximum Gasteiger partial charge on any atom is 0.137 e. The van der Waals surface area contributed by atoms with Gasteiger partial charge in [0.25, 0.3) is 0 Å². The van der Waals surface area contributed by atoms with Crippen LogP contribution in [0.5, 0.6) is 0 Å². The predicted molar refractivity (Wildman–Crippen MR) is 58.7 cm³/mol. The number of nitrogen functional groups attached to an aromatic ring is 1. The van der Waals surface area contributed by atoms with E-state index in [9.17, 15) is 4.79 Å². The molecule has 0 saturated heterocycles. The van der Waals surface area contributed by atoms with Crippen LogP contribution in [0.25, 0.3) is 0 Å². The van der Waals surface area contributed by atoms with Gasteiger partial charge in [-0.2, -0.15) is 0 Å². The molecule has 14 heavy (non-hydrogen) atoms. The molecule has 0 saturated carbocycles. The minimum absolute atomic E-state index is 0.409. The number of carbonyl (C=O) groups excluding carboxylic acids is 1. The predicted octanol–water partition coefficient (Wildman–Crippen LogP) is -0.0876. The van der Waals surface area contributed by atoms with Crippen molar-refractivity contribution < 1.29 is 4.79 Å². The lowest BCUT2D eigenvalue weighted by molar-refractivity contribution is -0.108. The lowest BCUT2D eigenvalue weighted by atomic mass is 10.1. The van der Waals surface area contributed by atoms with Gasteiger partial charge in [-0.25, -0.2) is 0 Å². The summed E-state index contributed by atoms with van der Waals surface area (Å²) in [4.78, 5) is 10.2. The zero-order valence-electron chi connectivity index (χ0n) is 8.31.